The van der Waals surface area contributed by atoms with Crippen LogP contribution in [0.15, 0.2) is 23.1 Å². The Bertz CT molecular complexity index is 879. The van der Waals surface area contributed by atoms with Crippen LogP contribution in [0.5, 0.6) is 0 Å². The predicted molar refractivity (Wildman–Crippen MR) is 99.4 cm³/mol. The summed E-state index contributed by atoms with van der Waals surface area (Å²) in [6, 6.07) is 4.39. The van der Waals surface area contributed by atoms with Gasteiger partial charge in [0.25, 0.3) is 0 Å². The van der Waals surface area contributed by atoms with Crippen molar-refractivity contribution in [3.63, 3.8) is 0 Å². The van der Waals surface area contributed by atoms with Crippen molar-refractivity contribution in [2.75, 3.05) is 36.0 Å². The summed E-state index contributed by atoms with van der Waals surface area (Å²) in [6.07, 6.45) is 4.23. The van der Waals surface area contributed by atoms with Gasteiger partial charge in [0.05, 0.1) is 16.3 Å². The van der Waals surface area contributed by atoms with Crippen molar-refractivity contribution in [2.24, 2.45) is 0 Å². The van der Waals surface area contributed by atoms with Crippen LogP contribution in [0.2, 0.25) is 0 Å². The van der Waals surface area contributed by atoms with Crippen molar-refractivity contribution < 1.29 is 23.1 Å². The van der Waals surface area contributed by atoms with E-state index in [4.69, 9.17) is 0 Å². The molecule has 0 spiro atoms. The number of piperidine rings is 1. The second-order valence-electron chi connectivity index (χ2n) is 7.28. The summed E-state index contributed by atoms with van der Waals surface area (Å²) >= 11 is 0. The molecule has 2 saturated heterocycles. The Morgan fingerprint density at radius 3 is 2.48 bits per heavy atom. The Labute approximate surface area is 158 Å². The van der Waals surface area contributed by atoms with E-state index in [1.807, 2.05) is 4.90 Å². The third-order valence-corrected chi connectivity index (χ3v) is 7.49. The van der Waals surface area contributed by atoms with Crippen LogP contribution in [0.3, 0.4) is 0 Å². The number of hydrogen-bond acceptors (Lipinski definition) is 5. The van der Waals surface area contributed by atoms with Crippen LogP contribution in [0.25, 0.3) is 0 Å². The Morgan fingerprint density at radius 2 is 1.78 bits per heavy atom. The smallest absolute Gasteiger partial charge is 0.323 e. The molecule has 1 aromatic rings. The summed E-state index contributed by atoms with van der Waals surface area (Å²) < 4.78 is 27.3. The number of aliphatic carboxylic acids is 1. The first kappa shape index (κ1) is 18.2. The molecule has 3 aliphatic rings. The number of sulfonamides is 1. The van der Waals surface area contributed by atoms with Crippen LogP contribution in [0.1, 0.15) is 32.1 Å². The lowest BCUT2D eigenvalue weighted by molar-refractivity contribution is -0.137. The number of anilines is 2. The third kappa shape index (κ3) is 3.08. The van der Waals surface area contributed by atoms with E-state index >= 15 is 0 Å². The van der Waals surface area contributed by atoms with Crippen molar-refractivity contribution in [2.45, 2.75) is 43.0 Å². The molecule has 0 aliphatic carbocycles. The summed E-state index contributed by atoms with van der Waals surface area (Å²) in [5, 5.41) is 9.27. The highest BCUT2D eigenvalue weighted by atomic mass is 32.2. The highest BCUT2D eigenvalue weighted by molar-refractivity contribution is 7.89. The molecule has 0 bridgehead atoms. The second-order valence-corrected chi connectivity index (χ2v) is 9.22. The number of rotatable bonds is 4. The lowest BCUT2D eigenvalue weighted by atomic mass is 9.96. The van der Waals surface area contributed by atoms with Crippen molar-refractivity contribution in [3.8, 4) is 0 Å². The molecular formula is C18H23N3O5S. The van der Waals surface area contributed by atoms with Gasteiger partial charge in [0, 0.05) is 19.6 Å². The molecule has 0 aromatic heterocycles. The lowest BCUT2D eigenvalue weighted by Crippen LogP contribution is -2.56. The molecule has 1 amide bonds. The molecule has 1 unspecified atom stereocenters. The number of carbonyl (C=O) groups is 2. The highest BCUT2D eigenvalue weighted by Gasteiger charge is 2.41. The first-order valence-corrected chi connectivity index (χ1v) is 10.8. The number of fused-ring (bicyclic) bond motifs is 3. The van der Waals surface area contributed by atoms with Gasteiger partial charge < -0.3 is 10.0 Å². The van der Waals surface area contributed by atoms with Gasteiger partial charge in [-0.05, 0) is 50.3 Å². The Kier molecular flexibility index (Phi) is 4.59. The van der Waals surface area contributed by atoms with Crippen LogP contribution >= 0.6 is 0 Å². The maximum Gasteiger partial charge on any atom is 0.323 e. The standard InChI is InChI=1S/C18H23N3O5S/c22-17(23)12-21-16-11-13(27(25,26)19-8-3-4-9-19)6-7-14(16)20-10-2-1-5-15(20)18(21)24/h6-7,11,15H,1-5,8-10,12H2,(H,22,23). The van der Waals surface area contributed by atoms with E-state index in [1.165, 1.54) is 15.3 Å². The Hall–Kier alpha value is -2.13. The molecular weight excluding hydrogens is 370 g/mol. The van der Waals surface area contributed by atoms with Gasteiger partial charge in [-0.3, -0.25) is 14.5 Å². The average molecular weight is 393 g/mol. The Balaban J connectivity index is 1.80. The van der Waals surface area contributed by atoms with Gasteiger partial charge in [-0.1, -0.05) is 0 Å². The van der Waals surface area contributed by atoms with Gasteiger partial charge in [0.2, 0.25) is 15.9 Å². The van der Waals surface area contributed by atoms with Gasteiger partial charge in [-0.15, -0.1) is 0 Å². The molecule has 8 nitrogen and oxygen atoms in total. The quantitative estimate of drug-likeness (QED) is 0.827. The first-order chi connectivity index (χ1) is 12.9. The number of amides is 1. The highest BCUT2D eigenvalue weighted by Crippen LogP contribution is 2.41. The molecule has 9 heteroatoms. The number of carbonyl (C=O) groups excluding carboxylic acids is 1. The molecule has 3 aliphatic heterocycles. The van der Waals surface area contributed by atoms with Crippen molar-refractivity contribution >= 4 is 33.3 Å². The van der Waals surface area contributed by atoms with Gasteiger partial charge in [-0.25, -0.2) is 8.42 Å². The molecule has 4 rings (SSSR count). The van der Waals surface area contributed by atoms with E-state index in [2.05, 4.69) is 0 Å². The molecule has 2 fully saturated rings. The predicted octanol–water partition coefficient (Wildman–Crippen LogP) is 1.26. The first-order valence-electron chi connectivity index (χ1n) is 9.33. The van der Waals surface area contributed by atoms with E-state index in [-0.39, 0.29) is 16.8 Å². The maximum atomic E-state index is 12.9. The number of carboxylic acids is 1. The van der Waals surface area contributed by atoms with Crippen LogP contribution in [0.4, 0.5) is 11.4 Å². The number of carboxylic acid groups (broad SMARTS) is 1. The maximum absolute atomic E-state index is 12.9. The van der Waals surface area contributed by atoms with Crippen LogP contribution < -0.4 is 9.80 Å². The van der Waals surface area contributed by atoms with Crippen LogP contribution in [-0.2, 0) is 19.6 Å². The SMILES string of the molecule is O=C(O)CN1C(=O)C2CCCCN2c2ccc(S(=O)(=O)N3CCCC3)cc21. The molecule has 3 heterocycles. The zero-order valence-electron chi connectivity index (χ0n) is 15.0. The molecule has 1 aromatic carbocycles. The second kappa shape index (κ2) is 6.79. The summed E-state index contributed by atoms with van der Waals surface area (Å²) in [6.45, 7) is 1.22. The van der Waals surface area contributed by atoms with Crippen LogP contribution in [0, 0.1) is 0 Å². The number of benzene rings is 1. The summed E-state index contributed by atoms with van der Waals surface area (Å²) in [5.41, 5.74) is 1.11. The molecule has 0 saturated carbocycles. The summed E-state index contributed by atoms with van der Waals surface area (Å²) in [4.78, 5) is 27.6. The third-order valence-electron chi connectivity index (χ3n) is 5.60. The van der Waals surface area contributed by atoms with E-state index < -0.39 is 22.5 Å². The Morgan fingerprint density at radius 1 is 1.07 bits per heavy atom. The fraction of sp³-hybridized carbons (Fsp3) is 0.556. The van der Waals surface area contributed by atoms with Gasteiger partial charge in [-0.2, -0.15) is 4.31 Å². The molecule has 0 radical (unpaired) electrons. The minimum absolute atomic E-state index is 0.113. The topological polar surface area (TPSA) is 98.2 Å². The van der Waals surface area contributed by atoms with E-state index in [0.717, 1.165) is 31.4 Å². The van der Waals surface area contributed by atoms with Crippen molar-refractivity contribution in [1.29, 1.82) is 0 Å². The van der Waals surface area contributed by atoms with E-state index in [1.54, 1.807) is 12.1 Å². The molecule has 1 atom stereocenters. The van der Waals surface area contributed by atoms with Crippen molar-refractivity contribution in [3.05, 3.63) is 18.2 Å². The van der Waals surface area contributed by atoms with Crippen LogP contribution in [-0.4, -0.2) is 61.9 Å². The van der Waals surface area contributed by atoms with Gasteiger partial charge >= 0.3 is 5.97 Å². The fourth-order valence-electron chi connectivity index (χ4n) is 4.27. The molecule has 27 heavy (non-hydrogen) atoms. The zero-order valence-corrected chi connectivity index (χ0v) is 15.8. The summed E-state index contributed by atoms with van der Waals surface area (Å²) in [7, 11) is -3.64. The fourth-order valence-corrected chi connectivity index (χ4v) is 5.81. The molecule has 146 valence electrons. The number of nitrogens with zero attached hydrogens (tertiary/aromatic N) is 3. The monoisotopic (exact) mass is 393 g/mol. The average Bonchev–Trinajstić information content (AvgIpc) is 3.20. The van der Waals surface area contributed by atoms with E-state index in [9.17, 15) is 23.1 Å². The lowest BCUT2D eigenvalue weighted by Gasteiger charge is -2.45. The van der Waals surface area contributed by atoms with Gasteiger partial charge in [0.1, 0.15) is 12.6 Å². The zero-order chi connectivity index (χ0) is 19.2. The van der Waals surface area contributed by atoms with Crippen molar-refractivity contribution in [1.82, 2.24) is 4.31 Å². The normalized spacial score (nSPS) is 23.3. The summed E-state index contributed by atoms with van der Waals surface area (Å²) in [5.74, 6) is -1.38. The number of hydrogen-bond donors (Lipinski definition) is 1. The largest absolute Gasteiger partial charge is 0.480 e. The van der Waals surface area contributed by atoms with Gasteiger partial charge in [0.15, 0.2) is 0 Å². The minimum atomic E-state index is -3.64. The van der Waals surface area contributed by atoms with E-state index in [0.29, 0.717) is 31.7 Å². The molecule has 1 N–H and O–H groups in total. The minimum Gasteiger partial charge on any atom is -0.480 e.